The zero-order chi connectivity index (χ0) is 26.7. The first-order valence-corrected chi connectivity index (χ1v) is 13.4. The van der Waals surface area contributed by atoms with Crippen LogP contribution in [0.1, 0.15) is 6.92 Å². The lowest BCUT2D eigenvalue weighted by Gasteiger charge is -2.18. The number of rotatable bonds is 7. The van der Waals surface area contributed by atoms with Crippen LogP contribution in [0.5, 0.6) is 0 Å². The summed E-state index contributed by atoms with van der Waals surface area (Å²) in [5.74, 6) is -4.31. The predicted octanol–water partition coefficient (Wildman–Crippen LogP) is 3.10. The van der Waals surface area contributed by atoms with E-state index in [1.54, 1.807) is 36.4 Å². The number of carbonyl (C=O) groups is 2. The number of nitrogens with zero attached hydrogens (tertiary/aromatic N) is 2. The Balaban J connectivity index is 1.56. The van der Waals surface area contributed by atoms with E-state index in [1.807, 2.05) is 0 Å². The van der Waals surface area contributed by atoms with E-state index in [2.05, 4.69) is 10.6 Å². The fraction of sp³-hybridized carbons (Fsp3) is 0.240. The van der Waals surface area contributed by atoms with Gasteiger partial charge in [-0.2, -0.15) is 0 Å². The van der Waals surface area contributed by atoms with Crippen LogP contribution < -0.4 is 16.2 Å². The predicted molar refractivity (Wildman–Crippen MR) is 139 cm³/mol. The van der Waals surface area contributed by atoms with Gasteiger partial charge in [-0.25, -0.2) is 17.1 Å². The normalized spacial score (nSPS) is 17.9. The van der Waals surface area contributed by atoms with Crippen LogP contribution in [-0.4, -0.2) is 47.9 Å². The summed E-state index contributed by atoms with van der Waals surface area (Å²) in [6.45, 7) is 1.06. The second-order valence-electron chi connectivity index (χ2n) is 8.49. The molecule has 3 aromatic rings. The summed E-state index contributed by atoms with van der Waals surface area (Å²) in [4.78, 5) is 38.3. The maximum absolute atomic E-state index is 14.9. The highest BCUT2D eigenvalue weighted by Crippen LogP contribution is 2.29. The van der Waals surface area contributed by atoms with E-state index in [9.17, 15) is 27.2 Å². The quantitative estimate of drug-likeness (QED) is 0.472. The van der Waals surface area contributed by atoms with Crippen LogP contribution in [0.2, 0.25) is 5.02 Å². The largest absolute Gasteiger partial charge is 0.326 e. The molecule has 0 saturated carbocycles. The summed E-state index contributed by atoms with van der Waals surface area (Å²) in [6.07, 6.45) is 1.49. The number of carbonyl (C=O) groups excluding carboxylic acids is 2. The molecule has 2 heterocycles. The van der Waals surface area contributed by atoms with Crippen molar-refractivity contribution >= 4 is 44.8 Å². The Hall–Kier alpha value is -3.54. The summed E-state index contributed by atoms with van der Waals surface area (Å²) in [6, 6.07) is 14.7. The molecule has 0 unspecified atom stereocenters. The lowest BCUT2D eigenvalue weighted by Crippen LogP contribution is -2.35. The molecular weight excluding hydrogens is 523 g/mol. The molecule has 0 aliphatic carbocycles. The summed E-state index contributed by atoms with van der Waals surface area (Å²) < 4.78 is 42.2. The zero-order valence-corrected chi connectivity index (χ0v) is 21.3. The first-order valence-electron chi connectivity index (χ1n) is 11.4. The number of nitrogens with one attached hydrogen (secondary N) is 2. The molecule has 2 aromatic carbocycles. The van der Waals surface area contributed by atoms with E-state index in [0.29, 0.717) is 10.7 Å². The van der Waals surface area contributed by atoms with Crippen LogP contribution in [0.4, 0.5) is 15.8 Å². The summed E-state index contributed by atoms with van der Waals surface area (Å²) >= 11 is 5.88. The smallest absolute Gasteiger partial charge is 0.255 e. The van der Waals surface area contributed by atoms with Crippen LogP contribution >= 0.6 is 11.6 Å². The highest BCUT2D eigenvalue weighted by atomic mass is 35.5. The van der Waals surface area contributed by atoms with Gasteiger partial charge in [-0.05, 0) is 49.4 Å². The van der Waals surface area contributed by atoms with Gasteiger partial charge in [-0.15, -0.1) is 0 Å². The van der Waals surface area contributed by atoms with Gasteiger partial charge in [0.05, 0.1) is 29.0 Å². The topological polar surface area (TPSA) is 118 Å². The van der Waals surface area contributed by atoms with Crippen LogP contribution in [-0.2, 0) is 19.6 Å². The second kappa shape index (κ2) is 10.8. The maximum atomic E-state index is 14.9. The van der Waals surface area contributed by atoms with Gasteiger partial charge in [0.25, 0.3) is 5.56 Å². The van der Waals surface area contributed by atoms with Gasteiger partial charge >= 0.3 is 0 Å². The Labute approximate surface area is 217 Å². The molecular formula is C25H24ClFN4O5S. The van der Waals surface area contributed by atoms with Gasteiger partial charge in [-0.1, -0.05) is 17.7 Å². The monoisotopic (exact) mass is 546 g/mol. The van der Waals surface area contributed by atoms with Crippen molar-refractivity contribution in [3.05, 3.63) is 88.1 Å². The minimum atomic E-state index is -3.68. The van der Waals surface area contributed by atoms with E-state index in [-0.39, 0.29) is 35.8 Å². The van der Waals surface area contributed by atoms with E-state index in [4.69, 9.17) is 11.6 Å². The molecule has 37 heavy (non-hydrogen) atoms. The molecule has 2 N–H and O–H groups in total. The van der Waals surface area contributed by atoms with Crippen molar-refractivity contribution in [2.24, 2.45) is 11.8 Å². The number of halogens is 2. The molecule has 0 spiro atoms. The van der Waals surface area contributed by atoms with Crippen molar-refractivity contribution in [3.8, 4) is 5.69 Å². The number of pyridine rings is 1. The second-order valence-corrected chi connectivity index (χ2v) is 11.2. The number of benzene rings is 2. The first kappa shape index (κ1) is 26.5. The molecule has 2 amide bonds. The molecule has 1 aliphatic heterocycles. The van der Waals surface area contributed by atoms with Crippen LogP contribution in [0.15, 0.2) is 71.7 Å². The molecule has 1 fully saturated rings. The van der Waals surface area contributed by atoms with Gasteiger partial charge in [-0.3, -0.25) is 19.0 Å². The Bertz CT molecular complexity index is 1490. The number of amides is 2. The van der Waals surface area contributed by atoms with Gasteiger partial charge < -0.3 is 10.6 Å². The lowest BCUT2D eigenvalue weighted by molar-refractivity contribution is -0.127. The summed E-state index contributed by atoms with van der Waals surface area (Å²) in [7, 11) is -3.68. The maximum Gasteiger partial charge on any atom is 0.255 e. The number of hydrogen-bond donors (Lipinski definition) is 2. The third kappa shape index (κ3) is 5.90. The van der Waals surface area contributed by atoms with Gasteiger partial charge in [0.1, 0.15) is 5.82 Å². The van der Waals surface area contributed by atoms with Crippen molar-refractivity contribution in [2.75, 3.05) is 29.5 Å². The molecule has 0 bridgehead atoms. The minimum absolute atomic E-state index is 0.161. The van der Waals surface area contributed by atoms with E-state index >= 15 is 0 Å². The number of aromatic nitrogens is 1. The van der Waals surface area contributed by atoms with Gasteiger partial charge in [0.15, 0.2) is 0 Å². The van der Waals surface area contributed by atoms with E-state index < -0.39 is 39.5 Å². The zero-order valence-electron chi connectivity index (χ0n) is 19.7. The third-order valence-electron chi connectivity index (χ3n) is 6.14. The average molecular weight is 547 g/mol. The highest BCUT2D eigenvalue weighted by Gasteiger charge is 2.45. The molecule has 194 valence electrons. The molecule has 4 rings (SSSR count). The van der Waals surface area contributed by atoms with Crippen molar-refractivity contribution in [1.29, 1.82) is 0 Å². The summed E-state index contributed by atoms with van der Waals surface area (Å²) in [5.41, 5.74) is 0.188. The molecule has 1 aliphatic rings. The Morgan fingerprint density at radius 1 is 1.00 bits per heavy atom. The van der Waals surface area contributed by atoms with Crippen molar-refractivity contribution < 1.29 is 22.4 Å². The standard InChI is InChI=1S/C25H24ClFN4O5S/c1-2-37(35,36)30-14-19(24(33)28-17-8-6-16(26)7-9-17)20(15-30)25(34)29-22-11-10-18(13-21(22)27)31-12-4-3-5-23(31)32/h3-13,19-20H,2,14-15H2,1H3,(H,28,33)(H,29,34)/t19-,20-/m0/s1. The van der Waals surface area contributed by atoms with Crippen LogP contribution in [0.3, 0.4) is 0 Å². The van der Waals surface area contributed by atoms with Gasteiger partial charge in [0, 0.05) is 42.1 Å². The Morgan fingerprint density at radius 3 is 2.24 bits per heavy atom. The third-order valence-corrected chi connectivity index (χ3v) is 8.21. The Morgan fingerprint density at radius 2 is 1.65 bits per heavy atom. The lowest BCUT2D eigenvalue weighted by atomic mass is 9.94. The molecule has 2 atom stereocenters. The van der Waals surface area contributed by atoms with Crippen molar-refractivity contribution in [3.63, 3.8) is 0 Å². The highest BCUT2D eigenvalue weighted by molar-refractivity contribution is 7.89. The molecule has 1 aromatic heterocycles. The van der Waals surface area contributed by atoms with E-state index in [0.717, 1.165) is 10.4 Å². The minimum Gasteiger partial charge on any atom is -0.326 e. The molecule has 0 radical (unpaired) electrons. The van der Waals surface area contributed by atoms with Crippen LogP contribution in [0.25, 0.3) is 5.69 Å². The summed E-state index contributed by atoms with van der Waals surface area (Å²) in [5, 5.41) is 5.63. The van der Waals surface area contributed by atoms with Gasteiger partial charge in [0.2, 0.25) is 21.8 Å². The molecule has 9 nitrogen and oxygen atoms in total. The number of sulfonamides is 1. The first-order chi connectivity index (χ1) is 17.6. The fourth-order valence-electron chi connectivity index (χ4n) is 4.10. The van der Waals surface area contributed by atoms with Crippen molar-refractivity contribution in [2.45, 2.75) is 6.92 Å². The average Bonchev–Trinajstić information content (AvgIpc) is 3.34. The molecule has 12 heteroatoms. The van der Waals surface area contributed by atoms with Crippen molar-refractivity contribution in [1.82, 2.24) is 8.87 Å². The van der Waals surface area contributed by atoms with Crippen LogP contribution in [0, 0.1) is 17.7 Å². The number of hydrogen-bond acceptors (Lipinski definition) is 5. The number of anilines is 2. The Kier molecular flexibility index (Phi) is 7.76. The molecule has 1 saturated heterocycles. The van der Waals surface area contributed by atoms with E-state index in [1.165, 1.54) is 35.9 Å². The fourth-order valence-corrected chi connectivity index (χ4v) is 5.36. The SMILES string of the molecule is CCS(=O)(=O)N1C[C@H](C(=O)Nc2ccc(Cl)cc2)[C@@H](C(=O)Nc2ccc(-n3ccccc3=O)cc2F)C1.